The standard InChI is InChI=1S/5C2H4O2.Ca.3Na/c5*1-2(3)4;;;;/h5*1H3,(H,3,4);;;;/q;;;;;+2;3*+1/p-5. The minimum atomic E-state index is -1.08. The Morgan fingerprint density at radius 1 is 0.417 bits per heavy atom. The summed E-state index contributed by atoms with van der Waals surface area (Å²) in [6.07, 6.45) is 0. The van der Waals surface area contributed by atoms with Crippen molar-refractivity contribution in [1.82, 2.24) is 0 Å². The molecule has 0 amide bonds. The predicted octanol–water partition coefficient (Wildman–Crippen LogP) is -15.6. The Labute approximate surface area is 236 Å². The van der Waals surface area contributed by atoms with Crippen LogP contribution in [-0.4, -0.2) is 67.6 Å². The molecule has 0 atom stereocenters. The zero-order chi connectivity index (χ0) is 17.9. The normalized spacial score (nSPS) is 5.21. The van der Waals surface area contributed by atoms with Crippen molar-refractivity contribution in [3.8, 4) is 0 Å². The van der Waals surface area contributed by atoms with Crippen LogP contribution in [0.25, 0.3) is 0 Å². The molecule has 0 N–H and O–H groups in total. The van der Waals surface area contributed by atoms with Crippen LogP contribution in [0.2, 0.25) is 0 Å². The molecule has 0 bridgehead atoms. The number of carboxylic acids is 5. The summed E-state index contributed by atoms with van der Waals surface area (Å²) in [5, 5.41) is 44.4. The molecular weight excluding hydrogens is 389 g/mol. The molecular formula is C10H15CaNa3O10. The largest absolute Gasteiger partial charge is 2.00 e. The average Bonchev–Trinajstić information content (AvgIpc) is 1.94. The molecule has 10 nitrogen and oxygen atoms in total. The van der Waals surface area contributed by atoms with E-state index in [1.807, 2.05) is 0 Å². The van der Waals surface area contributed by atoms with Crippen LogP contribution in [-0.2, 0) is 24.0 Å². The van der Waals surface area contributed by atoms with Crippen LogP contribution in [0, 0.1) is 0 Å². The van der Waals surface area contributed by atoms with Crippen LogP contribution in [0.1, 0.15) is 34.6 Å². The third kappa shape index (κ3) is 4660. The van der Waals surface area contributed by atoms with E-state index in [0.29, 0.717) is 0 Å². The summed E-state index contributed by atoms with van der Waals surface area (Å²) in [5.41, 5.74) is 0. The zero-order valence-electron chi connectivity index (χ0n) is 15.3. The van der Waals surface area contributed by atoms with Gasteiger partial charge in [0.15, 0.2) is 0 Å². The van der Waals surface area contributed by atoms with E-state index in [-0.39, 0.29) is 126 Å². The monoisotopic (exact) mass is 404 g/mol. The fourth-order valence-electron chi connectivity index (χ4n) is 0. The maximum atomic E-state index is 8.89. The van der Waals surface area contributed by atoms with Crippen molar-refractivity contribution in [3.05, 3.63) is 0 Å². The van der Waals surface area contributed by atoms with Gasteiger partial charge in [0, 0.05) is 29.8 Å². The second-order valence-electron chi connectivity index (χ2n) is 2.46. The van der Waals surface area contributed by atoms with Crippen molar-refractivity contribution in [2.45, 2.75) is 34.6 Å². The van der Waals surface area contributed by atoms with Gasteiger partial charge >= 0.3 is 126 Å². The van der Waals surface area contributed by atoms with E-state index in [9.17, 15) is 0 Å². The van der Waals surface area contributed by atoms with Gasteiger partial charge in [0.25, 0.3) is 0 Å². The Hall–Kier alpha value is 1.61. The molecule has 0 rings (SSSR count). The first-order valence-electron chi connectivity index (χ1n) is 4.54. The fourth-order valence-corrected chi connectivity index (χ4v) is 0. The molecule has 0 saturated heterocycles. The number of rotatable bonds is 0. The van der Waals surface area contributed by atoms with Gasteiger partial charge in [0.2, 0.25) is 0 Å². The third-order valence-electron chi connectivity index (χ3n) is 0. The van der Waals surface area contributed by atoms with E-state index in [2.05, 4.69) is 0 Å². The molecule has 0 saturated carbocycles. The summed E-state index contributed by atoms with van der Waals surface area (Å²) in [6.45, 7) is 4.86. The first-order valence-corrected chi connectivity index (χ1v) is 4.54. The van der Waals surface area contributed by atoms with Crippen LogP contribution in [0.4, 0.5) is 0 Å². The molecule has 0 aliphatic carbocycles. The first kappa shape index (κ1) is 56.2. The summed E-state index contributed by atoms with van der Waals surface area (Å²) >= 11 is 0. The van der Waals surface area contributed by atoms with E-state index in [0.717, 1.165) is 34.6 Å². The van der Waals surface area contributed by atoms with Crippen molar-refractivity contribution in [3.63, 3.8) is 0 Å². The van der Waals surface area contributed by atoms with Gasteiger partial charge in [0.1, 0.15) is 0 Å². The van der Waals surface area contributed by atoms with Crippen LogP contribution in [0.15, 0.2) is 0 Å². The van der Waals surface area contributed by atoms with Gasteiger partial charge in [-0.1, -0.05) is 0 Å². The molecule has 0 radical (unpaired) electrons. The van der Waals surface area contributed by atoms with Crippen molar-refractivity contribution in [2.75, 3.05) is 0 Å². The van der Waals surface area contributed by atoms with Crippen LogP contribution < -0.4 is 114 Å². The molecule has 0 aliphatic rings. The number of carbonyl (C=O) groups is 5. The molecule has 0 aromatic heterocycles. The summed E-state index contributed by atoms with van der Waals surface area (Å²) in [4.78, 5) is 44.4. The molecule has 120 valence electrons. The first-order chi connectivity index (χ1) is 8.66. The molecule has 0 heterocycles. The van der Waals surface area contributed by atoms with Gasteiger partial charge in [-0.2, -0.15) is 0 Å². The molecule has 0 aliphatic heterocycles. The van der Waals surface area contributed by atoms with Crippen molar-refractivity contribution >= 4 is 67.6 Å². The van der Waals surface area contributed by atoms with Crippen molar-refractivity contribution < 1.29 is 138 Å². The zero-order valence-corrected chi connectivity index (χ0v) is 23.5. The Kier molecular flexibility index (Phi) is 116. The minimum Gasteiger partial charge on any atom is -0.550 e. The molecule has 14 heteroatoms. The van der Waals surface area contributed by atoms with Gasteiger partial charge in [-0.15, -0.1) is 0 Å². The van der Waals surface area contributed by atoms with E-state index in [1.54, 1.807) is 0 Å². The Bertz CT molecular complexity index is 224. The summed E-state index contributed by atoms with van der Waals surface area (Å²) in [7, 11) is 0. The van der Waals surface area contributed by atoms with Gasteiger partial charge in [-0.05, 0) is 34.6 Å². The van der Waals surface area contributed by atoms with Crippen LogP contribution in [0.3, 0.4) is 0 Å². The maximum Gasteiger partial charge on any atom is 2.00 e. The topological polar surface area (TPSA) is 201 Å². The summed E-state index contributed by atoms with van der Waals surface area (Å²) in [6, 6.07) is 0. The van der Waals surface area contributed by atoms with Gasteiger partial charge in [-0.3, -0.25) is 0 Å². The maximum absolute atomic E-state index is 8.89. The SMILES string of the molecule is CC(=O)[O-].CC(=O)[O-].CC(=O)[O-].CC(=O)[O-].CC(=O)[O-].[Ca+2].[Na+].[Na+].[Na+]. The van der Waals surface area contributed by atoms with E-state index < -0.39 is 29.8 Å². The predicted molar refractivity (Wildman–Crippen MR) is 59.2 cm³/mol. The molecule has 24 heavy (non-hydrogen) atoms. The molecule has 0 unspecified atom stereocenters. The molecule has 0 spiro atoms. The van der Waals surface area contributed by atoms with Gasteiger partial charge < -0.3 is 49.5 Å². The van der Waals surface area contributed by atoms with Gasteiger partial charge in [0.05, 0.1) is 0 Å². The quantitative estimate of drug-likeness (QED) is 0.349. The fraction of sp³-hybridized carbons (Fsp3) is 0.500. The Morgan fingerprint density at radius 2 is 0.417 bits per heavy atom. The molecule has 0 aromatic rings. The van der Waals surface area contributed by atoms with E-state index in [4.69, 9.17) is 49.5 Å². The smallest absolute Gasteiger partial charge is 0.550 e. The summed E-state index contributed by atoms with van der Waals surface area (Å²) < 4.78 is 0. The Morgan fingerprint density at radius 3 is 0.417 bits per heavy atom. The second-order valence-corrected chi connectivity index (χ2v) is 2.46. The Balaban J connectivity index is -0.0000000161. The molecule has 0 aromatic carbocycles. The van der Waals surface area contributed by atoms with Crippen LogP contribution in [0.5, 0.6) is 0 Å². The average molecular weight is 404 g/mol. The van der Waals surface area contributed by atoms with E-state index in [1.165, 1.54) is 0 Å². The number of aliphatic carboxylic acids is 5. The second kappa shape index (κ2) is 49.7. The number of hydrogen-bond donors (Lipinski definition) is 0. The third-order valence-corrected chi connectivity index (χ3v) is 0. The van der Waals surface area contributed by atoms with Crippen molar-refractivity contribution in [1.29, 1.82) is 0 Å². The number of carbonyl (C=O) groups excluding carboxylic acids is 5. The van der Waals surface area contributed by atoms with Crippen molar-refractivity contribution in [2.24, 2.45) is 0 Å². The summed E-state index contributed by atoms with van der Waals surface area (Å²) in [5.74, 6) is -5.42. The van der Waals surface area contributed by atoms with Gasteiger partial charge in [-0.25, -0.2) is 0 Å². The number of hydrogen-bond acceptors (Lipinski definition) is 10. The molecule has 0 fully saturated rings. The number of carboxylic acid groups (broad SMARTS) is 5. The van der Waals surface area contributed by atoms with E-state index >= 15 is 0 Å². The minimum absolute atomic E-state index is 0. The van der Waals surface area contributed by atoms with Crippen LogP contribution >= 0.6 is 0 Å².